The van der Waals surface area contributed by atoms with Crippen molar-refractivity contribution in [1.82, 2.24) is 10.2 Å². The molecule has 112 valence electrons. The Morgan fingerprint density at radius 3 is 2.25 bits per heavy atom. The summed E-state index contributed by atoms with van der Waals surface area (Å²) in [5.41, 5.74) is 1.61. The summed E-state index contributed by atoms with van der Waals surface area (Å²) >= 11 is 7.09. The molecule has 1 fully saturated rings. The number of rotatable bonds is 6. The molecule has 0 atom stereocenters. The third kappa shape index (κ3) is 3.38. The Morgan fingerprint density at radius 1 is 1.25 bits per heavy atom. The molecule has 3 nitrogen and oxygen atoms in total. The van der Waals surface area contributed by atoms with Gasteiger partial charge in [-0.3, -0.25) is 0 Å². The Balaban J connectivity index is 1.95. The zero-order valence-electron chi connectivity index (χ0n) is 12.3. The van der Waals surface area contributed by atoms with Crippen molar-refractivity contribution in [2.24, 2.45) is 0 Å². The molecule has 0 radical (unpaired) electrons. The summed E-state index contributed by atoms with van der Waals surface area (Å²) in [5.74, 6) is 0.845. The summed E-state index contributed by atoms with van der Waals surface area (Å²) in [6.45, 7) is 1.91. The second-order valence-corrected chi connectivity index (χ2v) is 7.38. The molecule has 1 saturated carbocycles. The van der Waals surface area contributed by atoms with Crippen LogP contribution in [0.15, 0.2) is 21.1 Å². The number of ether oxygens (including phenoxy) is 1. The fourth-order valence-corrected chi connectivity index (χ4v) is 4.32. The highest BCUT2D eigenvalue weighted by Crippen LogP contribution is 2.36. The van der Waals surface area contributed by atoms with Gasteiger partial charge in [0, 0.05) is 18.6 Å². The van der Waals surface area contributed by atoms with Crippen LogP contribution in [0.2, 0.25) is 0 Å². The van der Waals surface area contributed by atoms with Crippen molar-refractivity contribution in [3.05, 3.63) is 26.6 Å². The summed E-state index contributed by atoms with van der Waals surface area (Å²) in [6, 6.07) is 4.22. The van der Waals surface area contributed by atoms with Crippen LogP contribution in [0.3, 0.4) is 0 Å². The van der Waals surface area contributed by atoms with Crippen molar-refractivity contribution in [2.75, 3.05) is 27.7 Å². The van der Waals surface area contributed by atoms with Crippen LogP contribution in [0, 0.1) is 0 Å². The van der Waals surface area contributed by atoms with Crippen LogP contribution < -0.4 is 10.1 Å². The molecule has 0 aromatic heterocycles. The number of nitrogens with zero attached hydrogens (tertiary/aromatic N) is 1. The zero-order chi connectivity index (χ0) is 14.8. The lowest BCUT2D eigenvalue weighted by atomic mass is 9.75. The van der Waals surface area contributed by atoms with Gasteiger partial charge in [0.15, 0.2) is 0 Å². The van der Waals surface area contributed by atoms with E-state index in [2.05, 4.69) is 68.3 Å². The van der Waals surface area contributed by atoms with Crippen molar-refractivity contribution in [3.8, 4) is 5.75 Å². The van der Waals surface area contributed by atoms with Crippen molar-refractivity contribution in [3.63, 3.8) is 0 Å². The average molecular weight is 406 g/mol. The molecular formula is C15H22Br2N2O. The van der Waals surface area contributed by atoms with E-state index in [1.165, 1.54) is 24.8 Å². The molecule has 0 heterocycles. The molecule has 1 N–H and O–H groups in total. The van der Waals surface area contributed by atoms with E-state index in [9.17, 15) is 0 Å². The third-order valence-electron chi connectivity index (χ3n) is 4.28. The Labute approximate surface area is 138 Å². The van der Waals surface area contributed by atoms with Crippen LogP contribution in [-0.4, -0.2) is 38.2 Å². The van der Waals surface area contributed by atoms with Gasteiger partial charge in [0.05, 0.1) is 16.1 Å². The zero-order valence-corrected chi connectivity index (χ0v) is 15.5. The third-order valence-corrected chi connectivity index (χ3v) is 5.46. The van der Waals surface area contributed by atoms with E-state index in [4.69, 9.17) is 4.74 Å². The van der Waals surface area contributed by atoms with E-state index < -0.39 is 0 Å². The van der Waals surface area contributed by atoms with Crippen molar-refractivity contribution >= 4 is 31.9 Å². The SMILES string of the molecule is COc1c(Br)cc(CNCC2(N(C)C)CCC2)cc1Br. The van der Waals surface area contributed by atoms with Gasteiger partial charge in [-0.05, 0) is 82.9 Å². The maximum Gasteiger partial charge on any atom is 0.147 e. The lowest BCUT2D eigenvalue weighted by Gasteiger charge is -2.47. The number of hydrogen-bond acceptors (Lipinski definition) is 3. The minimum Gasteiger partial charge on any atom is -0.494 e. The number of benzene rings is 1. The lowest BCUT2D eigenvalue weighted by molar-refractivity contribution is 0.0598. The van der Waals surface area contributed by atoms with Crippen LogP contribution in [0.5, 0.6) is 5.75 Å². The summed E-state index contributed by atoms with van der Waals surface area (Å²) < 4.78 is 7.29. The van der Waals surface area contributed by atoms with E-state index >= 15 is 0 Å². The van der Waals surface area contributed by atoms with E-state index in [1.54, 1.807) is 7.11 Å². The summed E-state index contributed by atoms with van der Waals surface area (Å²) in [7, 11) is 6.04. The van der Waals surface area contributed by atoms with E-state index in [0.29, 0.717) is 5.54 Å². The van der Waals surface area contributed by atoms with Crippen LogP contribution in [-0.2, 0) is 6.54 Å². The van der Waals surface area contributed by atoms with Gasteiger partial charge in [-0.2, -0.15) is 0 Å². The average Bonchev–Trinajstić information content (AvgIpc) is 2.31. The maximum absolute atomic E-state index is 5.33. The normalized spacial score (nSPS) is 17.1. The van der Waals surface area contributed by atoms with Gasteiger partial charge in [-0.25, -0.2) is 0 Å². The molecule has 1 aliphatic rings. The largest absolute Gasteiger partial charge is 0.494 e. The minimum absolute atomic E-state index is 0.362. The highest BCUT2D eigenvalue weighted by atomic mass is 79.9. The van der Waals surface area contributed by atoms with Gasteiger partial charge < -0.3 is 15.0 Å². The first-order valence-corrected chi connectivity index (χ1v) is 8.47. The fourth-order valence-electron chi connectivity index (χ4n) is 2.72. The van der Waals surface area contributed by atoms with Gasteiger partial charge >= 0.3 is 0 Å². The molecule has 5 heteroatoms. The summed E-state index contributed by atoms with van der Waals surface area (Å²) in [4.78, 5) is 2.36. The highest BCUT2D eigenvalue weighted by molar-refractivity contribution is 9.11. The van der Waals surface area contributed by atoms with Gasteiger partial charge in [-0.1, -0.05) is 0 Å². The highest BCUT2D eigenvalue weighted by Gasteiger charge is 2.38. The molecule has 2 rings (SSSR count). The standard InChI is InChI=1S/C15H22Br2N2O/c1-19(2)15(5-4-6-15)10-18-9-11-7-12(16)14(20-3)13(17)8-11/h7-8,18H,4-6,9-10H2,1-3H3. The van der Waals surface area contributed by atoms with Gasteiger partial charge in [0.25, 0.3) is 0 Å². The maximum atomic E-state index is 5.33. The number of hydrogen-bond donors (Lipinski definition) is 1. The molecule has 1 aromatic rings. The Kier molecular flexibility index (Phi) is 5.51. The molecular weight excluding hydrogens is 384 g/mol. The number of likely N-dealkylation sites (N-methyl/N-ethyl adjacent to an activating group) is 1. The van der Waals surface area contributed by atoms with E-state index in [0.717, 1.165) is 27.8 Å². The topological polar surface area (TPSA) is 24.5 Å². The smallest absolute Gasteiger partial charge is 0.147 e. The molecule has 0 spiro atoms. The Hall–Kier alpha value is -0.100. The first kappa shape index (κ1) is 16.3. The molecule has 0 amide bonds. The van der Waals surface area contributed by atoms with Gasteiger partial charge in [0.2, 0.25) is 0 Å². The summed E-state index contributed by atoms with van der Waals surface area (Å²) in [5, 5.41) is 3.59. The molecule has 0 bridgehead atoms. The van der Waals surface area contributed by atoms with Crippen LogP contribution in [0.25, 0.3) is 0 Å². The quantitative estimate of drug-likeness (QED) is 0.778. The predicted octanol–water partition coefficient (Wildman–Crippen LogP) is 3.79. The van der Waals surface area contributed by atoms with Crippen LogP contribution in [0.1, 0.15) is 24.8 Å². The monoisotopic (exact) mass is 404 g/mol. The van der Waals surface area contributed by atoms with Crippen molar-refractivity contribution in [2.45, 2.75) is 31.3 Å². The summed E-state index contributed by atoms with van der Waals surface area (Å²) in [6.07, 6.45) is 3.94. The molecule has 0 unspecified atom stereocenters. The Bertz CT molecular complexity index is 450. The lowest BCUT2D eigenvalue weighted by Crippen LogP contribution is -2.56. The molecule has 1 aromatic carbocycles. The van der Waals surface area contributed by atoms with E-state index in [-0.39, 0.29) is 0 Å². The Morgan fingerprint density at radius 2 is 1.85 bits per heavy atom. The van der Waals surface area contributed by atoms with E-state index in [1.807, 2.05) is 0 Å². The van der Waals surface area contributed by atoms with Crippen molar-refractivity contribution in [1.29, 1.82) is 0 Å². The van der Waals surface area contributed by atoms with Crippen LogP contribution >= 0.6 is 31.9 Å². The second-order valence-electron chi connectivity index (χ2n) is 5.67. The van der Waals surface area contributed by atoms with Gasteiger partial charge in [0.1, 0.15) is 5.75 Å². The first-order valence-electron chi connectivity index (χ1n) is 6.88. The number of methoxy groups -OCH3 is 1. The van der Waals surface area contributed by atoms with Gasteiger partial charge in [-0.15, -0.1) is 0 Å². The second kappa shape index (κ2) is 6.77. The minimum atomic E-state index is 0.362. The molecule has 20 heavy (non-hydrogen) atoms. The first-order chi connectivity index (χ1) is 9.48. The number of halogens is 2. The van der Waals surface area contributed by atoms with Crippen LogP contribution in [0.4, 0.5) is 0 Å². The fraction of sp³-hybridized carbons (Fsp3) is 0.600. The predicted molar refractivity (Wildman–Crippen MR) is 90.4 cm³/mol. The van der Waals surface area contributed by atoms with Crippen molar-refractivity contribution < 1.29 is 4.74 Å². The number of nitrogens with one attached hydrogen (secondary N) is 1. The molecule has 1 aliphatic carbocycles. The molecule has 0 saturated heterocycles. The molecule has 0 aliphatic heterocycles.